The first-order chi connectivity index (χ1) is 6.07. The molecule has 0 fully saturated rings. The molecule has 0 amide bonds. The molecule has 0 aliphatic carbocycles. The Balaban J connectivity index is 0.00000169. The molecule has 1 aromatic rings. The number of alkyl halides is 1. The molecule has 0 aliphatic heterocycles. The van der Waals surface area contributed by atoms with E-state index in [-0.39, 0.29) is 28.2 Å². The molecule has 3 N–H and O–H groups in total. The van der Waals surface area contributed by atoms with E-state index in [1.165, 1.54) is 6.07 Å². The molecule has 0 aliphatic rings. The van der Waals surface area contributed by atoms with Crippen molar-refractivity contribution in [3.05, 3.63) is 28.0 Å². The number of nitrogens with two attached hydrogens (primary N) is 1. The normalized spacial score (nSPS) is 12.0. The van der Waals surface area contributed by atoms with Crippen LogP contribution in [0.15, 0.2) is 16.6 Å². The Morgan fingerprint density at radius 1 is 1.50 bits per heavy atom. The summed E-state index contributed by atoms with van der Waals surface area (Å²) in [6.07, 6.45) is 0. The number of hydrogen-bond acceptors (Lipinski definition) is 2. The predicted molar refractivity (Wildman–Crippen MR) is 55.9 cm³/mol. The van der Waals surface area contributed by atoms with Crippen molar-refractivity contribution >= 4 is 28.3 Å². The van der Waals surface area contributed by atoms with Gasteiger partial charge in [0.1, 0.15) is 18.2 Å². The van der Waals surface area contributed by atoms with Crippen molar-refractivity contribution in [1.29, 1.82) is 0 Å². The van der Waals surface area contributed by atoms with Crippen LogP contribution in [0.5, 0.6) is 5.75 Å². The lowest BCUT2D eigenvalue weighted by Gasteiger charge is -2.10. The number of aromatic hydroxyl groups is 1. The van der Waals surface area contributed by atoms with Gasteiger partial charge < -0.3 is 10.8 Å². The molecule has 0 bridgehead atoms. The van der Waals surface area contributed by atoms with Gasteiger partial charge in [0.05, 0.1) is 10.5 Å². The van der Waals surface area contributed by atoms with Crippen LogP contribution in [0, 0.1) is 5.82 Å². The maximum absolute atomic E-state index is 12.8. The lowest BCUT2D eigenvalue weighted by molar-refractivity contribution is 0.410. The van der Waals surface area contributed by atoms with Crippen LogP contribution in [0.2, 0.25) is 0 Å². The van der Waals surface area contributed by atoms with Gasteiger partial charge in [0.2, 0.25) is 0 Å². The first kappa shape index (κ1) is 13.6. The SMILES string of the molecule is Cl.N[C@H](CF)c1ccc(F)c(Br)c1O. The summed E-state index contributed by atoms with van der Waals surface area (Å²) in [5, 5.41) is 9.35. The van der Waals surface area contributed by atoms with Crippen LogP contribution in [-0.4, -0.2) is 11.8 Å². The van der Waals surface area contributed by atoms with Crippen LogP contribution >= 0.6 is 28.3 Å². The molecular formula is C8H9BrClF2NO. The van der Waals surface area contributed by atoms with Crippen LogP contribution < -0.4 is 5.73 Å². The summed E-state index contributed by atoms with van der Waals surface area (Å²) in [6, 6.07) is 1.46. The Morgan fingerprint density at radius 3 is 2.57 bits per heavy atom. The van der Waals surface area contributed by atoms with Crippen molar-refractivity contribution in [3.63, 3.8) is 0 Å². The molecule has 0 unspecified atom stereocenters. The van der Waals surface area contributed by atoms with Crippen LogP contribution in [0.4, 0.5) is 8.78 Å². The highest BCUT2D eigenvalue weighted by Gasteiger charge is 2.15. The zero-order valence-electron chi connectivity index (χ0n) is 7.01. The Bertz CT molecular complexity index is 324. The van der Waals surface area contributed by atoms with Crippen LogP contribution in [0.1, 0.15) is 11.6 Å². The number of halogens is 4. The van der Waals surface area contributed by atoms with Crippen molar-refractivity contribution in [2.24, 2.45) is 5.73 Å². The quantitative estimate of drug-likeness (QED) is 0.879. The number of phenolic OH excluding ortho intramolecular Hbond substituents is 1. The van der Waals surface area contributed by atoms with E-state index in [1.807, 2.05) is 0 Å². The standard InChI is InChI=1S/C8H8BrF2NO.ClH/c9-7-5(11)2-1-4(8(7)13)6(12)3-10;/h1-2,6,13H,3,12H2;1H/t6-;/m1./s1. The second-order valence-corrected chi connectivity index (χ2v) is 3.35. The largest absolute Gasteiger partial charge is 0.506 e. The van der Waals surface area contributed by atoms with Crippen molar-refractivity contribution in [2.45, 2.75) is 6.04 Å². The van der Waals surface area contributed by atoms with Crippen LogP contribution in [0.3, 0.4) is 0 Å². The molecule has 80 valence electrons. The van der Waals surface area contributed by atoms with Gasteiger partial charge in [0, 0.05) is 5.56 Å². The topological polar surface area (TPSA) is 46.2 Å². The van der Waals surface area contributed by atoms with Crippen LogP contribution in [-0.2, 0) is 0 Å². The molecule has 14 heavy (non-hydrogen) atoms. The summed E-state index contributed by atoms with van der Waals surface area (Å²) in [6.45, 7) is -0.800. The maximum atomic E-state index is 12.8. The smallest absolute Gasteiger partial charge is 0.141 e. The highest BCUT2D eigenvalue weighted by Crippen LogP contribution is 2.33. The average Bonchev–Trinajstić information content (AvgIpc) is 2.13. The van der Waals surface area contributed by atoms with Gasteiger partial charge in [0.25, 0.3) is 0 Å². The van der Waals surface area contributed by atoms with Gasteiger partial charge in [0.15, 0.2) is 0 Å². The molecule has 0 radical (unpaired) electrons. The zero-order chi connectivity index (χ0) is 10.0. The third-order valence-corrected chi connectivity index (χ3v) is 2.42. The number of hydrogen-bond donors (Lipinski definition) is 2. The molecular weight excluding hydrogens is 279 g/mol. The van der Waals surface area contributed by atoms with Gasteiger partial charge in [-0.25, -0.2) is 8.78 Å². The molecule has 1 aromatic carbocycles. The summed E-state index contributed by atoms with van der Waals surface area (Å²) in [5.41, 5.74) is 5.53. The lowest BCUT2D eigenvalue weighted by Crippen LogP contribution is -2.12. The monoisotopic (exact) mass is 287 g/mol. The van der Waals surface area contributed by atoms with E-state index >= 15 is 0 Å². The summed E-state index contributed by atoms with van der Waals surface area (Å²) in [4.78, 5) is 0. The Labute approximate surface area is 94.6 Å². The fourth-order valence-corrected chi connectivity index (χ4v) is 1.30. The highest BCUT2D eigenvalue weighted by molar-refractivity contribution is 9.10. The Morgan fingerprint density at radius 2 is 2.07 bits per heavy atom. The van der Waals surface area contributed by atoms with E-state index in [4.69, 9.17) is 5.73 Å². The van der Waals surface area contributed by atoms with Gasteiger partial charge in [-0.3, -0.25) is 0 Å². The van der Waals surface area contributed by atoms with E-state index in [2.05, 4.69) is 15.9 Å². The summed E-state index contributed by atoms with van der Waals surface area (Å²) in [7, 11) is 0. The van der Waals surface area contributed by atoms with Gasteiger partial charge in [-0.05, 0) is 22.0 Å². The van der Waals surface area contributed by atoms with E-state index in [0.29, 0.717) is 0 Å². The minimum absolute atomic E-state index is 0. The summed E-state index contributed by atoms with van der Waals surface area (Å²) < 4.78 is 24.8. The second kappa shape index (κ2) is 5.48. The first-order valence-corrected chi connectivity index (χ1v) is 4.35. The lowest BCUT2D eigenvalue weighted by atomic mass is 10.1. The Hall–Kier alpha value is -0.390. The molecule has 0 spiro atoms. The highest BCUT2D eigenvalue weighted by atomic mass is 79.9. The number of benzene rings is 1. The van der Waals surface area contributed by atoms with E-state index in [1.54, 1.807) is 0 Å². The predicted octanol–water partition coefficient (Wildman–Crippen LogP) is 2.68. The van der Waals surface area contributed by atoms with E-state index in [9.17, 15) is 13.9 Å². The molecule has 1 rings (SSSR count). The van der Waals surface area contributed by atoms with Crippen molar-refractivity contribution in [2.75, 3.05) is 6.67 Å². The number of rotatable bonds is 2. The third kappa shape index (κ3) is 2.56. The van der Waals surface area contributed by atoms with Gasteiger partial charge in [-0.2, -0.15) is 0 Å². The minimum atomic E-state index is -0.920. The first-order valence-electron chi connectivity index (χ1n) is 3.56. The van der Waals surface area contributed by atoms with Gasteiger partial charge >= 0.3 is 0 Å². The molecule has 1 atom stereocenters. The van der Waals surface area contributed by atoms with Crippen molar-refractivity contribution < 1.29 is 13.9 Å². The zero-order valence-corrected chi connectivity index (χ0v) is 9.41. The third-order valence-electron chi connectivity index (χ3n) is 1.67. The number of phenols is 1. The fourth-order valence-electron chi connectivity index (χ4n) is 0.937. The van der Waals surface area contributed by atoms with E-state index in [0.717, 1.165) is 6.07 Å². The van der Waals surface area contributed by atoms with Gasteiger partial charge in [-0.15, -0.1) is 12.4 Å². The second-order valence-electron chi connectivity index (χ2n) is 2.56. The summed E-state index contributed by atoms with van der Waals surface area (Å²) >= 11 is 2.82. The molecule has 2 nitrogen and oxygen atoms in total. The fraction of sp³-hybridized carbons (Fsp3) is 0.250. The molecule has 0 heterocycles. The summed E-state index contributed by atoms with van der Waals surface area (Å²) in [5.74, 6) is -0.947. The molecule has 6 heteroatoms. The Kier molecular flexibility index (Phi) is 5.33. The van der Waals surface area contributed by atoms with Crippen molar-refractivity contribution in [1.82, 2.24) is 0 Å². The maximum Gasteiger partial charge on any atom is 0.141 e. The molecule has 0 saturated carbocycles. The van der Waals surface area contributed by atoms with Crippen molar-refractivity contribution in [3.8, 4) is 5.75 Å². The molecule has 0 saturated heterocycles. The molecule has 0 aromatic heterocycles. The average molecular weight is 289 g/mol. The van der Waals surface area contributed by atoms with E-state index < -0.39 is 18.5 Å². The van der Waals surface area contributed by atoms with Gasteiger partial charge in [-0.1, -0.05) is 6.07 Å². The minimum Gasteiger partial charge on any atom is -0.506 e. The van der Waals surface area contributed by atoms with Crippen LogP contribution in [0.25, 0.3) is 0 Å².